The van der Waals surface area contributed by atoms with E-state index in [1.165, 1.54) is 16.9 Å². The third-order valence-electron chi connectivity index (χ3n) is 3.02. The summed E-state index contributed by atoms with van der Waals surface area (Å²) in [5.41, 5.74) is 6.33. The third kappa shape index (κ3) is 4.70. The molecular formula is C16H19NO2S. The second kappa shape index (κ2) is 7.70. The van der Waals surface area contributed by atoms with Crippen molar-refractivity contribution in [2.24, 2.45) is 5.73 Å². The number of rotatable bonds is 3. The Kier molecular flexibility index (Phi) is 5.62. The molecule has 1 amide bonds. The minimum Gasteiger partial charge on any atom is -0.493 e. The maximum atomic E-state index is 10.3. The Morgan fingerprint density at radius 2 is 2.10 bits per heavy atom. The summed E-state index contributed by atoms with van der Waals surface area (Å²) in [6.07, 6.45) is 3.58. The molecule has 0 unspecified atom stereocenters. The summed E-state index contributed by atoms with van der Waals surface area (Å²) in [6.45, 7) is 0.886. The molecule has 0 spiro atoms. The molecule has 0 bridgehead atoms. The summed E-state index contributed by atoms with van der Waals surface area (Å²) < 4.78 is 5.42. The van der Waals surface area contributed by atoms with Crippen LogP contribution < -0.4 is 10.5 Å². The van der Waals surface area contributed by atoms with Gasteiger partial charge in [-0.3, -0.25) is 4.79 Å². The van der Waals surface area contributed by atoms with E-state index >= 15 is 0 Å². The second-order valence-corrected chi connectivity index (χ2v) is 5.64. The van der Waals surface area contributed by atoms with Crippen molar-refractivity contribution in [3.63, 3.8) is 0 Å². The zero-order chi connectivity index (χ0) is 14.2. The molecule has 0 saturated heterocycles. The normalized spacial score (nSPS) is 12.6. The van der Waals surface area contributed by atoms with Crippen LogP contribution in [0, 0.1) is 0 Å². The third-order valence-corrected chi connectivity index (χ3v) is 3.95. The van der Waals surface area contributed by atoms with Crippen LogP contribution in [0.5, 0.6) is 5.75 Å². The quantitative estimate of drug-likeness (QED) is 0.943. The van der Waals surface area contributed by atoms with Gasteiger partial charge in [0.2, 0.25) is 5.91 Å². The number of amides is 1. The maximum Gasteiger partial charge on any atom is 0.217 e. The molecule has 0 atom stereocenters. The Morgan fingerprint density at radius 1 is 1.25 bits per heavy atom. The molecule has 20 heavy (non-hydrogen) atoms. The molecule has 1 aromatic carbocycles. The zero-order valence-corrected chi connectivity index (χ0v) is 12.2. The van der Waals surface area contributed by atoms with Gasteiger partial charge in [0.25, 0.3) is 0 Å². The van der Waals surface area contributed by atoms with Crippen molar-refractivity contribution in [3.05, 3.63) is 52.2 Å². The average molecular weight is 289 g/mol. The number of nitrogens with two attached hydrogens (primary N) is 1. The largest absolute Gasteiger partial charge is 0.493 e. The van der Waals surface area contributed by atoms with Crippen molar-refractivity contribution < 1.29 is 9.53 Å². The number of aryl methyl sites for hydroxylation is 2. The van der Waals surface area contributed by atoms with Crippen LogP contribution in [0.4, 0.5) is 0 Å². The van der Waals surface area contributed by atoms with Gasteiger partial charge in [0.05, 0.1) is 6.61 Å². The first-order valence-corrected chi connectivity index (χ1v) is 7.65. The Morgan fingerprint density at radius 3 is 2.80 bits per heavy atom. The Balaban J connectivity index is 0.000000147. The minimum absolute atomic E-state index is 0.228. The second-order valence-electron chi connectivity index (χ2n) is 4.61. The van der Waals surface area contributed by atoms with Crippen LogP contribution in [-0.4, -0.2) is 12.5 Å². The van der Waals surface area contributed by atoms with E-state index in [4.69, 9.17) is 10.5 Å². The highest BCUT2D eigenvalue weighted by atomic mass is 32.1. The molecule has 0 fully saturated rings. The van der Waals surface area contributed by atoms with Crippen molar-refractivity contribution in [1.29, 1.82) is 0 Å². The van der Waals surface area contributed by atoms with Crippen LogP contribution in [-0.2, 0) is 17.6 Å². The van der Waals surface area contributed by atoms with Crippen molar-refractivity contribution in [1.82, 2.24) is 0 Å². The smallest absolute Gasteiger partial charge is 0.217 e. The summed E-state index contributed by atoms with van der Waals surface area (Å²) in [5.74, 6) is 0.849. The molecule has 1 aliphatic rings. The van der Waals surface area contributed by atoms with Crippen LogP contribution in [0.25, 0.3) is 0 Å². The molecule has 2 aromatic rings. The molecule has 1 aliphatic heterocycles. The standard InChI is InChI=1S/C9H10O.C7H9NOS/c1-2-6-9-8(4-1)5-3-7-10-9;8-7(9)4-3-6-2-1-5-10-6/h1-2,4,6H,3,5,7H2;1-2,5H,3-4H2,(H2,8,9). The molecule has 1 aromatic heterocycles. The van der Waals surface area contributed by atoms with Gasteiger partial charge >= 0.3 is 0 Å². The highest BCUT2D eigenvalue weighted by molar-refractivity contribution is 7.09. The summed E-state index contributed by atoms with van der Waals surface area (Å²) in [4.78, 5) is 11.5. The lowest BCUT2D eigenvalue weighted by atomic mass is 10.1. The monoisotopic (exact) mass is 289 g/mol. The van der Waals surface area contributed by atoms with E-state index < -0.39 is 0 Å². The maximum absolute atomic E-state index is 10.3. The van der Waals surface area contributed by atoms with Crippen LogP contribution >= 0.6 is 11.3 Å². The number of hydrogen-bond donors (Lipinski definition) is 1. The van der Waals surface area contributed by atoms with E-state index in [-0.39, 0.29) is 5.91 Å². The first-order valence-electron chi connectivity index (χ1n) is 6.77. The highest BCUT2D eigenvalue weighted by Gasteiger charge is 2.06. The first-order chi connectivity index (χ1) is 9.75. The van der Waals surface area contributed by atoms with Gasteiger partial charge in [0.15, 0.2) is 0 Å². The highest BCUT2D eigenvalue weighted by Crippen LogP contribution is 2.23. The van der Waals surface area contributed by atoms with Gasteiger partial charge < -0.3 is 10.5 Å². The molecule has 4 heteroatoms. The van der Waals surface area contributed by atoms with E-state index in [0.717, 1.165) is 25.2 Å². The predicted molar refractivity (Wildman–Crippen MR) is 82.1 cm³/mol. The molecule has 0 saturated carbocycles. The van der Waals surface area contributed by atoms with Crippen molar-refractivity contribution in [2.75, 3.05) is 6.61 Å². The molecule has 0 radical (unpaired) electrons. The summed E-state index contributed by atoms with van der Waals surface area (Å²) in [5, 5.41) is 2.00. The SMILES string of the molecule is NC(=O)CCc1cccs1.c1ccc2c(c1)CCCO2. The number of para-hydroxylation sites is 1. The number of fused-ring (bicyclic) bond motifs is 1. The molecule has 106 valence electrons. The Hall–Kier alpha value is -1.81. The van der Waals surface area contributed by atoms with E-state index in [1.807, 2.05) is 29.6 Å². The average Bonchev–Trinajstić information content (AvgIpc) is 2.99. The van der Waals surface area contributed by atoms with Crippen LogP contribution in [0.3, 0.4) is 0 Å². The van der Waals surface area contributed by atoms with Crippen LogP contribution in [0.15, 0.2) is 41.8 Å². The van der Waals surface area contributed by atoms with Gasteiger partial charge in [0.1, 0.15) is 5.75 Å². The van der Waals surface area contributed by atoms with Crippen molar-refractivity contribution >= 4 is 17.2 Å². The van der Waals surface area contributed by atoms with E-state index in [2.05, 4.69) is 12.1 Å². The number of carbonyl (C=O) groups excluding carboxylic acids is 1. The molecule has 3 rings (SSSR count). The Labute approximate surface area is 123 Å². The Bertz CT molecular complexity index is 512. The number of ether oxygens (including phenoxy) is 1. The molecule has 2 N–H and O–H groups in total. The topological polar surface area (TPSA) is 52.3 Å². The number of thiophene rings is 1. The number of carbonyl (C=O) groups is 1. The van der Waals surface area contributed by atoms with Gasteiger partial charge in [-0.2, -0.15) is 0 Å². The fraction of sp³-hybridized carbons (Fsp3) is 0.312. The van der Waals surface area contributed by atoms with Crippen LogP contribution in [0.1, 0.15) is 23.3 Å². The number of primary amides is 1. The lowest BCUT2D eigenvalue weighted by molar-refractivity contribution is -0.117. The predicted octanol–water partition coefficient (Wildman–Crippen LogP) is 3.18. The molecule has 2 heterocycles. The van der Waals surface area contributed by atoms with Gasteiger partial charge in [-0.15, -0.1) is 11.3 Å². The lowest BCUT2D eigenvalue weighted by Crippen LogP contribution is -2.10. The zero-order valence-electron chi connectivity index (χ0n) is 11.4. The van der Waals surface area contributed by atoms with Gasteiger partial charge in [-0.05, 0) is 42.3 Å². The van der Waals surface area contributed by atoms with E-state index in [0.29, 0.717) is 6.42 Å². The fourth-order valence-electron chi connectivity index (χ4n) is 2.00. The lowest BCUT2D eigenvalue weighted by Gasteiger charge is -2.15. The van der Waals surface area contributed by atoms with Crippen molar-refractivity contribution in [3.8, 4) is 5.75 Å². The first kappa shape index (κ1) is 14.6. The van der Waals surface area contributed by atoms with Gasteiger partial charge in [-0.1, -0.05) is 24.3 Å². The molecular weight excluding hydrogens is 270 g/mol. The summed E-state index contributed by atoms with van der Waals surface area (Å²) in [6, 6.07) is 12.2. The van der Waals surface area contributed by atoms with Crippen molar-refractivity contribution in [2.45, 2.75) is 25.7 Å². The molecule has 0 aliphatic carbocycles. The van der Waals surface area contributed by atoms with Gasteiger partial charge in [0, 0.05) is 11.3 Å². The van der Waals surface area contributed by atoms with E-state index in [9.17, 15) is 4.79 Å². The van der Waals surface area contributed by atoms with Crippen LogP contribution in [0.2, 0.25) is 0 Å². The number of benzene rings is 1. The van der Waals surface area contributed by atoms with E-state index in [1.54, 1.807) is 11.3 Å². The minimum atomic E-state index is -0.228. The van der Waals surface area contributed by atoms with Gasteiger partial charge in [-0.25, -0.2) is 0 Å². The summed E-state index contributed by atoms with van der Waals surface area (Å²) in [7, 11) is 0. The number of hydrogen-bond acceptors (Lipinski definition) is 3. The molecule has 3 nitrogen and oxygen atoms in total. The fourth-order valence-corrected chi connectivity index (χ4v) is 2.71. The summed E-state index contributed by atoms with van der Waals surface area (Å²) >= 11 is 1.66.